The number of hydrogen-bond donors (Lipinski definition) is 0. The van der Waals surface area contributed by atoms with Crippen LogP contribution in [-0.2, 0) is 0 Å². The van der Waals surface area contributed by atoms with E-state index in [-0.39, 0.29) is 12.0 Å². The quantitative estimate of drug-likeness (QED) is 0.153. The predicted octanol–water partition coefficient (Wildman–Crippen LogP) is 14.3. The first kappa shape index (κ1) is 34.4. The lowest BCUT2D eigenvalue weighted by Crippen LogP contribution is -2.28. The van der Waals surface area contributed by atoms with Crippen molar-refractivity contribution in [3.8, 4) is 44.5 Å². The van der Waals surface area contributed by atoms with Gasteiger partial charge < -0.3 is 4.42 Å². The molecule has 0 N–H and O–H groups in total. The van der Waals surface area contributed by atoms with Crippen LogP contribution in [0.25, 0.3) is 66.4 Å². The maximum absolute atomic E-state index is 6.32. The van der Waals surface area contributed by atoms with Gasteiger partial charge in [-0.2, -0.15) is 0 Å². The smallest absolute Gasteiger partial charge is 0.155 e. The van der Waals surface area contributed by atoms with Gasteiger partial charge in [-0.3, -0.25) is 4.99 Å². The Balaban J connectivity index is 1.00. The molecule has 3 heteroatoms. The van der Waals surface area contributed by atoms with Gasteiger partial charge >= 0.3 is 0 Å². The summed E-state index contributed by atoms with van der Waals surface area (Å²) in [4.78, 5) is 10.8. The zero-order valence-electron chi connectivity index (χ0n) is 31.7. The Kier molecular flexibility index (Phi) is 8.97. The summed E-state index contributed by atoms with van der Waals surface area (Å²) in [5.41, 5.74) is 15.6. The molecule has 0 bridgehead atoms. The van der Waals surface area contributed by atoms with Crippen LogP contribution < -0.4 is 0 Å². The van der Waals surface area contributed by atoms with Crippen LogP contribution in [0, 0.1) is 5.92 Å². The summed E-state index contributed by atoms with van der Waals surface area (Å²) in [5, 5.41) is 2.21. The van der Waals surface area contributed by atoms with Gasteiger partial charge in [-0.25, -0.2) is 4.99 Å². The van der Waals surface area contributed by atoms with Gasteiger partial charge in [0.2, 0.25) is 0 Å². The minimum atomic E-state index is -0.0988. The minimum Gasteiger partial charge on any atom is -0.456 e. The third-order valence-electron chi connectivity index (χ3n) is 11.4. The Morgan fingerprint density at radius 2 is 0.877 bits per heavy atom. The van der Waals surface area contributed by atoms with Gasteiger partial charge in [-0.15, -0.1) is 0 Å². The van der Waals surface area contributed by atoms with Crippen molar-refractivity contribution < 1.29 is 4.42 Å². The number of furan rings is 1. The molecule has 0 fully saturated rings. The molecular weight excluding hydrogens is 693 g/mol. The molecule has 0 amide bonds. The van der Waals surface area contributed by atoms with Crippen LogP contribution in [0.1, 0.15) is 36.1 Å². The lowest BCUT2D eigenvalue weighted by atomic mass is 9.82. The maximum Gasteiger partial charge on any atom is 0.155 e. The zero-order chi connectivity index (χ0) is 38.1. The van der Waals surface area contributed by atoms with E-state index in [2.05, 4.69) is 195 Å². The molecule has 2 heterocycles. The molecule has 9 aromatic rings. The van der Waals surface area contributed by atoms with Crippen molar-refractivity contribution in [3.05, 3.63) is 217 Å². The molecule has 0 saturated heterocycles. The number of rotatable bonds is 8. The van der Waals surface area contributed by atoms with Gasteiger partial charge in [-0.05, 0) is 86.3 Å². The zero-order valence-corrected chi connectivity index (χ0v) is 31.7. The van der Waals surface area contributed by atoms with Crippen molar-refractivity contribution in [1.29, 1.82) is 0 Å². The highest BCUT2D eigenvalue weighted by atomic mass is 16.3. The van der Waals surface area contributed by atoms with Crippen LogP contribution in [0.5, 0.6) is 0 Å². The van der Waals surface area contributed by atoms with Crippen molar-refractivity contribution in [3.63, 3.8) is 0 Å². The fourth-order valence-electron chi connectivity index (χ4n) is 8.30. The van der Waals surface area contributed by atoms with E-state index in [1.807, 2.05) is 12.1 Å². The van der Waals surface area contributed by atoms with E-state index >= 15 is 0 Å². The summed E-state index contributed by atoms with van der Waals surface area (Å²) in [6.45, 7) is 2.25. The number of fused-ring (bicyclic) bond motifs is 3. The molecule has 272 valence electrons. The Morgan fingerprint density at radius 3 is 1.49 bits per heavy atom. The molecule has 8 aromatic carbocycles. The SMILES string of the molecule is CC[C@@H]1C(c2ccc(-c3cccc(-c4ccc(-c5ccccc5)cc4)c3)cc2)=NC(c2ccc3c(c2)oc2ccccc23)=NC1c1ccc(-c2ccccc2)cc1. The molecule has 1 aliphatic rings. The standard InChI is InChI=1S/C54H40N2O/c1-2-47-52(42-28-24-39(25-29-42)37-14-7-4-8-15-37)55-54(46-32-33-49-48-18-9-10-19-50(48)57-51(49)35-46)56-53(47)43-30-26-41(27-31-43)45-17-11-16-44(34-45)40-22-20-38(21-23-40)36-12-5-3-6-13-36/h3-35,47,52H,2H2,1H3/t47-,52?/m0/s1. The van der Waals surface area contributed by atoms with Crippen molar-refractivity contribution >= 4 is 33.5 Å². The van der Waals surface area contributed by atoms with E-state index < -0.39 is 0 Å². The van der Waals surface area contributed by atoms with Gasteiger partial charge in [0.15, 0.2) is 5.84 Å². The highest BCUT2D eigenvalue weighted by Crippen LogP contribution is 2.38. The molecule has 0 radical (unpaired) electrons. The molecule has 0 aliphatic carbocycles. The van der Waals surface area contributed by atoms with Crippen molar-refractivity contribution in [2.24, 2.45) is 15.9 Å². The van der Waals surface area contributed by atoms with Gasteiger partial charge in [0, 0.05) is 22.3 Å². The summed E-state index contributed by atoms with van der Waals surface area (Å²) in [6, 6.07) is 71.1. The molecule has 1 aromatic heterocycles. The van der Waals surface area contributed by atoms with Crippen LogP contribution >= 0.6 is 0 Å². The molecule has 1 aliphatic heterocycles. The number of benzene rings is 8. The lowest BCUT2D eigenvalue weighted by Gasteiger charge is -2.30. The van der Waals surface area contributed by atoms with Crippen LogP contribution in [0.2, 0.25) is 0 Å². The summed E-state index contributed by atoms with van der Waals surface area (Å²) in [6.07, 6.45) is 0.899. The molecule has 1 unspecified atom stereocenters. The highest BCUT2D eigenvalue weighted by molar-refractivity contribution is 6.16. The fraction of sp³-hybridized carbons (Fsp3) is 0.0741. The van der Waals surface area contributed by atoms with Crippen molar-refractivity contribution in [1.82, 2.24) is 0 Å². The van der Waals surface area contributed by atoms with Crippen LogP contribution in [-0.4, -0.2) is 11.5 Å². The summed E-state index contributed by atoms with van der Waals surface area (Å²) in [7, 11) is 0. The molecule has 3 nitrogen and oxygen atoms in total. The minimum absolute atomic E-state index is 0.0966. The van der Waals surface area contributed by atoms with E-state index in [1.54, 1.807) is 0 Å². The van der Waals surface area contributed by atoms with Gasteiger partial charge in [0.05, 0.1) is 11.8 Å². The fourth-order valence-corrected chi connectivity index (χ4v) is 8.30. The maximum atomic E-state index is 6.32. The van der Waals surface area contributed by atoms with E-state index in [0.29, 0.717) is 0 Å². The number of para-hydroxylation sites is 1. The van der Waals surface area contributed by atoms with E-state index in [0.717, 1.165) is 51.0 Å². The number of amidine groups is 1. The molecule has 0 saturated carbocycles. The summed E-state index contributed by atoms with van der Waals surface area (Å²) < 4.78 is 6.32. The molecule has 0 spiro atoms. The second-order valence-electron chi connectivity index (χ2n) is 14.8. The van der Waals surface area contributed by atoms with E-state index in [9.17, 15) is 0 Å². The Hall–Kier alpha value is -7.10. The normalized spacial score (nSPS) is 15.4. The second-order valence-corrected chi connectivity index (χ2v) is 14.8. The molecule has 57 heavy (non-hydrogen) atoms. The van der Waals surface area contributed by atoms with Crippen LogP contribution in [0.3, 0.4) is 0 Å². The summed E-state index contributed by atoms with van der Waals surface area (Å²) in [5.74, 6) is 0.823. The largest absolute Gasteiger partial charge is 0.456 e. The van der Waals surface area contributed by atoms with Gasteiger partial charge in [0.25, 0.3) is 0 Å². The number of hydrogen-bond acceptors (Lipinski definition) is 3. The van der Waals surface area contributed by atoms with E-state index in [4.69, 9.17) is 14.4 Å². The summed E-state index contributed by atoms with van der Waals surface area (Å²) >= 11 is 0. The first-order chi connectivity index (χ1) is 28.2. The number of aliphatic imine (C=N–C) groups is 2. The average Bonchev–Trinajstić information content (AvgIpc) is 3.67. The third kappa shape index (κ3) is 6.68. The van der Waals surface area contributed by atoms with Crippen LogP contribution in [0.4, 0.5) is 0 Å². The molecular formula is C54H40N2O. The van der Waals surface area contributed by atoms with Gasteiger partial charge in [-0.1, -0.05) is 183 Å². The Labute approximate surface area is 333 Å². The Morgan fingerprint density at radius 1 is 0.404 bits per heavy atom. The lowest BCUT2D eigenvalue weighted by molar-refractivity contribution is 0.532. The molecule has 2 atom stereocenters. The van der Waals surface area contributed by atoms with Gasteiger partial charge in [0.1, 0.15) is 11.2 Å². The van der Waals surface area contributed by atoms with Crippen LogP contribution in [0.15, 0.2) is 215 Å². The Bertz CT molecular complexity index is 2900. The van der Waals surface area contributed by atoms with E-state index in [1.165, 1.54) is 50.1 Å². The number of nitrogens with zero attached hydrogens (tertiary/aromatic N) is 2. The topological polar surface area (TPSA) is 37.9 Å². The van der Waals surface area contributed by atoms with Crippen molar-refractivity contribution in [2.45, 2.75) is 19.4 Å². The highest BCUT2D eigenvalue weighted by Gasteiger charge is 2.32. The first-order valence-corrected chi connectivity index (χ1v) is 19.8. The molecule has 10 rings (SSSR count). The first-order valence-electron chi connectivity index (χ1n) is 19.8. The predicted molar refractivity (Wildman–Crippen MR) is 238 cm³/mol. The average molecular weight is 733 g/mol. The monoisotopic (exact) mass is 732 g/mol. The van der Waals surface area contributed by atoms with Crippen molar-refractivity contribution in [2.75, 3.05) is 0 Å². The third-order valence-corrected chi connectivity index (χ3v) is 11.4. The second kappa shape index (κ2) is 14.9.